The number of aryl methyl sites for hydroxylation is 2. The Bertz CT molecular complexity index is 781. The minimum Gasteiger partial charge on any atom is -0.370 e. The Balaban J connectivity index is 1.62. The first kappa shape index (κ1) is 20.2. The first-order valence-corrected chi connectivity index (χ1v) is 10.4. The molecule has 1 N–H and O–H groups in total. The highest BCUT2D eigenvalue weighted by atomic mass is 15.3. The van der Waals surface area contributed by atoms with Crippen molar-refractivity contribution in [2.75, 3.05) is 44.2 Å². The van der Waals surface area contributed by atoms with Crippen molar-refractivity contribution in [2.45, 2.75) is 33.1 Å². The zero-order chi connectivity index (χ0) is 19.9. The molecule has 1 aromatic carbocycles. The number of para-hydroxylation sites is 1. The number of aromatic nitrogens is 2. The monoisotopic (exact) mass is 382 g/mol. The fourth-order valence-electron chi connectivity index (χ4n) is 3.95. The number of benzene rings is 1. The molecule has 0 spiro atoms. The molecule has 1 aliphatic rings. The van der Waals surface area contributed by atoms with E-state index >= 15 is 0 Å². The van der Waals surface area contributed by atoms with E-state index in [-0.39, 0.29) is 0 Å². The third-order valence-electron chi connectivity index (χ3n) is 5.49. The molecule has 152 valence electrons. The SMILES string of the molecule is CCNC(=NCCN(CC)c1ccccc1C)N1CCC(c2cnn(C)c2)C1. The van der Waals surface area contributed by atoms with Crippen LogP contribution in [0.1, 0.15) is 37.3 Å². The summed E-state index contributed by atoms with van der Waals surface area (Å²) in [6.07, 6.45) is 5.29. The predicted octanol–water partition coefficient (Wildman–Crippen LogP) is 3.01. The molecule has 1 aliphatic heterocycles. The van der Waals surface area contributed by atoms with Crippen molar-refractivity contribution in [3.8, 4) is 0 Å². The van der Waals surface area contributed by atoms with Gasteiger partial charge < -0.3 is 15.1 Å². The summed E-state index contributed by atoms with van der Waals surface area (Å²) in [5.41, 5.74) is 3.96. The first-order chi connectivity index (χ1) is 13.6. The zero-order valence-electron chi connectivity index (χ0n) is 17.7. The minimum absolute atomic E-state index is 0.539. The van der Waals surface area contributed by atoms with Crippen molar-refractivity contribution < 1.29 is 0 Å². The van der Waals surface area contributed by atoms with E-state index in [0.29, 0.717) is 5.92 Å². The summed E-state index contributed by atoms with van der Waals surface area (Å²) in [5, 5.41) is 7.81. The van der Waals surface area contributed by atoms with Gasteiger partial charge in [-0.05, 0) is 44.4 Å². The maximum Gasteiger partial charge on any atom is 0.193 e. The lowest BCUT2D eigenvalue weighted by Gasteiger charge is -2.25. The van der Waals surface area contributed by atoms with Crippen molar-refractivity contribution in [3.63, 3.8) is 0 Å². The summed E-state index contributed by atoms with van der Waals surface area (Å²) in [6.45, 7) is 12.2. The van der Waals surface area contributed by atoms with Crippen LogP contribution in [0.25, 0.3) is 0 Å². The van der Waals surface area contributed by atoms with Gasteiger partial charge in [0.2, 0.25) is 0 Å². The van der Waals surface area contributed by atoms with E-state index in [1.54, 1.807) is 0 Å². The highest BCUT2D eigenvalue weighted by Gasteiger charge is 2.26. The molecule has 0 amide bonds. The Morgan fingerprint density at radius 1 is 1.32 bits per heavy atom. The Morgan fingerprint density at radius 2 is 2.14 bits per heavy atom. The van der Waals surface area contributed by atoms with E-state index in [2.05, 4.69) is 71.4 Å². The molecule has 0 radical (unpaired) electrons. The molecule has 3 rings (SSSR count). The van der Waals surface area contributed by atoms with Crippen LogP contribution < -0.4 is 10.2 Å². The molecular weight excluding hydrogens is 348 g/mol. The number of nitrogens with zero attached hydrogens (tertiary/aromatic N) is 5. The number of likely N-dealkylation sites (N-methyl/N-ethyl adjacent to an activating group) is 1. The van der Waals surface area contributed by atoms with E-state index < -0.39 is 0 Å². The van der Waals surface area contributed by atoms with Crippen LogP contribution in [-0.2, 0) is 7.05 Å². The summed E-state index contributed by atoms with van der Waals surface area (Å²) in [4.78, 5) is 9.74. The average molecular weight is 383 g/mol. The maximum absolute atomic E-state index is 4.94. The minimum atomic E-state index is 0.539. The van der Waals surface area contributed by atoms with Gasteiger partial charge in [0.25, 0.3) is 0 Å². The maximum atomic E-state index is 4.94. The lowest BCUT2D eigenvalue weighted by molar-refractivity contribution is 0.486. The van der Waals surface area contributed by atoms with Gasteiger partial charge in [-0.2, -0.15) is 5.10 Å². The van der Waals surface area contributed by atoms with Crippen LogP contribution in [0.2, 0.25) is 0 Å². The molecule has 2 heterocycles. The molecular formula is C22H34N6. The smallest absolute Gasteiger partial charge is 0.193 e. The third-order valence-corrected chi connectivity index (χ3v) is 5.49. The second-order valence-corrected chi connectivity index (χ2v) is 7.48. The lowest BCUT2D eigenvalue weighted by atomic mass is 10.0. The van der Waals surface area contributed by atoms with Gasteiger partial charge in [0, 0.05) is 57.6 Å². The summed E-state index contributed by atoms with van der Waals surface area (Å²) in [5.74, 6) is 1.58. The largest absolute Gasteiger partial charge is 0.370 e. The number of hydrogen-bond acceptors (Lipinski definition) is 3. The number of anilines is 1. The zero-order valence-corrected chi connectivity index (χ0v) is 17.7. The number of likely N-dealkylation sites (tertiary alicyclic amines) is 1. The number of guanidine groups is 1. The lowest BCUT2D eigenvalue weighted by Crippen LogP contribution is -2.40. The van der Waals surface area contributed by atoms with Gasteiger partial charge in [-0.25, -0.2) is 0 Å². The Labute approximate surface area is 169 Å². The summed E-state index contributed by atoms with van der Waals surface area (Å²) in [6, 6.07) is 8.59. The van der Waals surface area contributed by atoms with Gasteiger partial charge >= 0.3 is 0 Å². The fraction of sp³-hybridized carbons (Fsp3) is 0.545. The van der Waals surface area contributed by atoms with E-state index in [1.807, 2.05) is 17.9 Å². The highest BCUT2D eigenvalue weighted by molar-refractivity contribution is 5.80. The normalized spacial score (nSPS) is 17.2. The van der Waals surface area contributed by atoms with Gasteiger partial charge in [0.05, 0.1) is 12.7 Å². The van der Waals surface area contributed by atoms with Crippen LogP contribution in [0.5, 0.6) is 0 Å². The molecule has 1 atom stereocenters. The fourth-order valence-corrected chi connectivity index (χ4v) is 3.95. The number of nitrogens with one attached hydrogen (secondary N) is 1. The molecule has 0 bridgehead atoms. The number of rotatable bonds is 7. The molecule has 1 unspecified atom stereocenters. The Morgan fingerprint density at radius 3 is 2.82 bits per heavy atom. The van der Waals surface area contributed by atoms with Crippen molar-refractivity contribution in [1.82, 2.24) is 20.0 Å². The molecule has 1 aromatic heterocycles. The molecule has 0 saturated carbocycles. The van der Waals surface area contributed by atoms with Crippen molar-refractivity contribution in [3.05, 3.63) is 47.8 Å². The second kappa shape index (κ2) is 9.62. The molecule has 1 saturated heterocycles. The van der Waals surface area contributed by atoms with Gasteiger partial charge in [0.1, 0.15) is 0 Å². The van der Waals surface area contributed by atoms with Crippen molar-refractivity contribution >= 4 is 11.6 Å². The van der Waals surface area contributed by atoms with Crippen LogP contribution in [0.3, 0.4) is 0 Å². The Hall–Kier alpha value is -2.50. The quantitative estimate of drug-likeness (QED) is 0.591. The van der Waals surface area contributed by atoms with Gasteiger partial charge in [-0.1, -0.05) is 18.2 Å². The van der Waals surface area contributed by atoms with Gasteiger partial charge in [-0.15, -0.1) is 0 Å². The van der Waals surface area contributed by atoms with Crippen LogP contribution in [0.4, 0.5) is 5.69 Å². The topological polar surface area (TPSA) is 48.7 Å². The van der Waals surface area contributed by atoms with Crippen LogP contribution in [-0.4, -0.2) is 59.9 Å². The van der Waals surface area contributed by atoms with Crippen LogP contribution in [0, 0.1) is 6.92 Å². The molecule has 0 aliphatic carbocycles. The van der Waals surface area contributed by atoms with E-state index in [0.717, 1.165) is 51.6 Å². The summed E-state index contributed by atoms with van der Waals surface area (Å²) in [7, 11) is 1.98. The van der Waals surface area contributed by atoms with E-state index in [4.69, 9.17) is 4.99 Å². The molecule has 2 aromatic rings. The highest BCUT2D eigenvalue weighted by Crippen LogP contribution is 2.26. The molecule has 28 heavy (non-hydrogen) atoms. The predicted molar refractivity (Wildman–Crippen MR) is 117 cm³/mol. The first-order valence-electron chi connectivity index (χ1n) is 10.4. The van der Waals surface area contributed by atoms with Crippen molar-refractivity contribution in [1.29, 1.82) is 0 Å². The van der Waals surface area contributed by atoms with Crippen LogP contribution in [0.15, 0.2) is 41.7 Å². The second-order valence-electron chi connectivity index (χ2n) is 7.48. The van der Waals surface area contributed by atoms with E-state index in [1.165, 1.54) is 16.8 Å². The molecule has 6 nitrogen and oxygen atoms in total. The standard InChI is InChI=1S/C22H34N6/c1-5-23-22(28-13-11-19(17-28)20-15-25-26(4)16-20)24-12-14-27(6-2)21-10-8-7-9-18(21)3/h7-10,15-16,19H,5-6,11-14,17H2,1-4H3,(H,23,24). The third kappa shape index (κ3) is 4.86. The molecule has 1 fully saturated rings. The van der Waals surface area contributed by atoms with Gasteiger partial charge in [0.15, 0.2) is 5.96 Å². The van der Waals surface area contributed by atoms with Crippen LogP contribution >= 0.6 is 0 Å². The number of aliphatic imine (C=N–C) groups is 1. The number of hydrogen-bond donors (Lipinski definition) is 1. The summed E-state index contributed by atoms with van der Waals surface area (Å²) >= 11 is 0. The summed E-state index contributed by atoms with van der Waals surface area (Å²) < 4.78 is 1.89. The van der Waals surface area contributed by atoms with Gasteiger partial charge in [-0.3, -0.25) is 9.67 Å². The average Bonchev–Trinajstić information content (AvgIpc) is 3.34. The van der Waals surface area contributed by atoms with E-state index in [9.17, 15) is 0 Å². The van der Waals surface area contributed by atoms with Crippen molar-refractivity contribution in [2.24, 2.45) is 12.0 Å². The molecule has 6 heteroatoms. The Kier molecular flexibility index (Phi) is 6.95.